The summed E-state index contributed by atoms with van der Waals surface area (Å²) in [5.41, 5.74) is 5.64. The number of amides is 1. The van der Waals surface area contributed by atoms with Gasteiger partial charge in [0.2, 0.25) is 0 Å². The van der Waals surface area contributed by atoms with E-state index in [2.05, 4.69) is 15.1 Å². The fourth-order valence-electron chi connectivity index (χ4n) is 2.19. The molecule has 1 aliphatic heterocycles. The van der Waals surface area contributed by atoms with Gasteiger partial charge in [0.25, 0.3) is 5.88 Å². The van der Waals surface area contributed by atoms with Crippen molar-refractivity contribution in [1.82, 2.24) is 9.97 Å². The number of carbonyl (C=O) groups is 1. The molecule has 1 amide bonds. The molecule has 3 rings (SSSR count). The lowest BCUT2D eigenvalue weighted by molar-refractivity contribution is 0.208. The summed E-state index contributed by atoms with van der Waals surface area (Å²) in [6.07, 6.45) is -1.09. The number of H-pyrrole nitrogens is 1. The maximum absolute atomic E-state index is 11.1. The smallest absolute Gasteiger partial charge is 0.388 e. The van der Waals surface area contributed by atoms with Crippen molar-refractivity contribution < 1.29 is 9.53 Å². The number of nitrogens with zero attached hydrogens (tertiary/aromatic N) is 3. The number of hydrogen-bond acceptors (Lipinski definition) is 6. The molecule has 0 atom stereocenters. The van der Waals surface area contributed by atoms with Gasteiger partial charge in [-0.1, -0.05) is 24.3 Å². The number of nitrogens with one attached hydrogen (secondary N) is 1. The molecule has 0 saturated carbocycles. The Kier molecular flexibility index (Phi) is 2.73. The molecule has 8 heteroatoms. The number of rotatable bonds is 2. The molecule has 8 nitrogen and oxygen atoms in total. The molecule has 1 aromatic rings. The summed E-state index contributed by atoms with van der Waals surface area (Å²) < 4.78 is 4.70. The fourth-order valence-corrected chi connectivity index (χ4v) is 2.19. The molecule has 1 heterocycles. The summed E-state index contributed by atoms with van der Waals surface area (Å²) in [5.74, 6) is -0.245. The number of benzene rings is 1. The third kappa shape index (κ3) is 1.84. The minimum Gasteiger partial charge on any atom is -0.388 e. The van der Waals surface area contributed by atoms with Crippen molar-refractivity contribution in [2.45, 2.75) is 0 Å². The van der Waals surface area contributed by atoms with E-state index in [1.807, 2.05) is 0 Å². The molecule has 1 aromatic carbocycles. The number of hydrogen-bond donors (Lipinski definition) is 2. The Labute approximate surface area is 117 Å². The maximum Gasteiger partial charge on any atom is 0.411 e. The Hall–Kier alpha value is -3.47. The normalized spacial score (nSPS) is 10.4. The summed E-state index contributed by atoms with van der Waals surface area (Å²) in [6, 6.07) is 8.77. The van der Waals surface area contributed by atoms with Crippen LogP contribution in [0.4, 0.5) is 10.5 Å². The minimum absolute atomic E-state index is 0.124. The molecule has 3 N–H and O–H groups in total. The lowest BCUT2D eigenvalue weighted by Gasteiger charge is -2.06. The van der Waals surface area contributed by atoms with Gasteiger partial charge in [-0.25, -0.2) is 9.78 Å². The number of fused-ring (bicyclic) bond motifs is 3. The summed E-state index contributed by atoms with van der Waals surface area (Å²) in [7, 11) is 0. The van der Waals surface area contributed by atoms with Crippen molar-refractivity contribution in [2.75, 3.05) is 0 Å². The van der Waals surface area contributed by atoms with E-state index in [1.165, 1.54) is 0 Å². The Morgan fingerprint density at radius 2 is 2.10 bits per heavy atom. The SMILES string of the molecule is N#Cc1[nH]c2c(N=O)c3ccccc3c-2nc1OC(N)=O. The number of aromatic amines is 1. The molecule has 0 unspecified atom stereocenters. The monoisotopic (exact) mass is 281 g/mol. The molecule has 102 valence electrons. The van der Waals surface area contributed by atoms with E-state index in [0.29, 0.717) is 22.2 Å². The number of carbonyl (C=O) groups excluding carboxylic acids is 1. The topological polar surface area (TPSA) is 134 Å². The van der Waals surface area contributed by atoms with Crippen LogP contribution in [0.15, 0.2) is 29.4 Å². The number of ether oxygens (including phenoxy) is 1. The zero-order valence-electron chi connectivity index (χ0n) is 10.5. The van der Waals surface area contributed by atoms with Crippen molar-refractivity contribution in [1.29, 1.82) is 5.26 Å². The predicted molar refractivity (Wildman–Crippen MR) is 73.1 cm³/mol. The summed E-state index contributed by atoms with van der Waals surface area (Å²) in [6.45, 7) is 0. The Bertz CT molecular complexity index is 893. The highest BCUT2D eigenvalue weighted by atomic mass is 16.6. The maximum atomic E-state index is 11.1. The van der Waals surface area contributed by atoms with Gasteiger partial charge < -0.3 is 15.5 Å². The summed E-state index contributed by atoms with van der Waals surface area (Å²) in [4.78, 5) is 28.8. The largest absolute Gasteiger partial charge is 0.411 e. The van der Waals surface area contributed by atoms with E-state index in [4.69, 9.17) is 15.7 Å². The zero-order valence-corrected chi connectivity index (χ0v) is 10.5. The quantitative estimate of drug-likeness (QED) is 0.695. The van der Waals surface area contributed by atoms with E-state index < -0.39 is 6.09 Å². The molecule has 0 radical (unpaired) electrons. The van der Waals surface area contributed by atoms with Gasteiger partial charge in [0.05, 0.1) is 5.69 Å². The van der Waals surface area contributed by atoms with E-state index in [9.17, 15) is 9.70 Å². The summed E-state index contributed by atoms with van der Waals surface area (Å²) in [5, 5.41) is 13.3. The first-order valence-electron chi connectivity index (χ1n) is 5.81. The minimum atomic E-state index is -1.09. The van der Waals surface area contributed by atoms with Gasteiger partial charge in [0, 0.05) is 10.8 Å². The van der Waals surface area contributed by atoms with Gasteiger partial charge in [0.15, 0.2) is 5.69 Å². The average molecular weight is 281 g/mol. The van der Waals surface area contributed by atoms with Crippen LogP contribution in [0.3, 0.4) is 0 Å². The molecule has 1 aliphatic carbocycles. The van der Waals surface area contributed by atoms with E-state index in [1.54, 1.807) is 30.3 Å². The van der Waals surface area contributed by atoms with Crippen LogP contribution >= 0.6 is 0 Å². The molecule has 0 aromatic heterocycles. The van der Waals surface area contributed by atoms with Gasteiger partial charge in [-0.3, -0.25) is 0 Å². The van der Waals surface area contributed by atoms with Crippen molar-refractivity contribution in [3.63, 3.8) is 0 Å². The standard InChI is InChI=1S/C13H7N5O3/c14-5-8-12(21-13(15)19)17-9-6-3-1-2-4-7(6)10(18-20)11(9)16-8/h1-4,16H,(H2,15,19). The third-order valence-corrected chi connectivity index (χ3v) is 2.99. The molecule has 2 aliphatic rings. The first-order chi connectivity index (χ1) is 10.2. The molecule has 0 spiro atoms. The average Bonchev–Trinajstić information content (AvgIpc) is 2.78. The highest BCUT2D eigenvalue weighted by Crippen LogP contribution is 2.43. The van der Waals surface area contributed by atoms with Crippen molar-refractivity contribution >= 4 is 22.6 Å². The zero-order chi connectivity index (χ0) is 15.0. The van der Waals surface area contributed by atoms with Crippen LogP contribution in [-0.4, -0.2) is 16.1 Å². The lowest BCUT2D eigenvalue weighted by Crippen LogP contribution is -2.18. The first kappa shape index (κ1) is 12.6. The van der Waals surface area contributed by atoms with Gasteiger partial charge in [-0.2, -0.15) is 5.26 Å². The second-order valence-corrected chi connectivity index (χ2v) is 4.16. The van der Waals surface area contributed by atoms with Crippen LogP contribution in [0.25, 0.3) is 22.2 Å². The van der Waals surface area contributed by atoms with Gasteiger partial charge in [0.1, 0.15) is 17.5 Å². The summed E-state index contributed by atoms with van der Waals surface area (Å²) >= 11 is 0. The number of nitrogens with two attached hydrogens (primary N) is 1. The number of aromatic nitrogens is 2. The van der Waals surface area contributed by atoms with Gasteiger partial charge in [-0.15, -0.1) is 4.91 Å². The molecule has 0 fully saturated rings. The van der Waals surface area contributed by atoms with E-state index >= 15 is 0 Å². The van der Waals surface area contributed by atoms with E-state index in [0.717, 1.165) is 0 Å². The van der Waals surface area contributed by atoms with Gasteiger partial charge >= 0.3 is 6.09 Å². The number of nitriles is 1. The van der Waals surface area contributed by atoms with Crippen LogP contribution in [0, 0.1) is 16.2 Å². The van der Waals surface area contributed by atoms with Crippen LogP contribution in [-0.2, 0) is 0 Å². The van der Waals surface area contributed by atoms with Crippen LogP contribution in [0.5, 0.6) is 5.88 Å². The van der Waals surface area contributed by atoms with E-state index in [-0.39, 0.29) is 17.3 Å². The molecule has 0 saturated heterocycles. The second kappa shape index (κ2) is 4.57. The number of primary amides is 1. The number of nitroso groups, excluding NO2 is 1. The second-order valence-electron chi connectivity index (χ2n) is 4.16. The first-order valence-corrected chi connectivity index (χ1v) is 5.81. The molecular formula is C13H7N5O3. The third-order valence-electron chi connectivity index (χ3n) is 2.99. The Morgan fingerprint density at radius 1 is 1.38 bits per heavy atom. The van der Waals surface area contributed by atoms with Crippen molar-refractivity contribution in [3.8, 4) is 23.3 Å². The highest BCUT2D eigenvalue weighted by molar-refractivity contribution is 6.10. The van der Waals surface area contributed by atoms with Crippen LogP contribution < -0.4 is 10.5 Å². The van der Waals surface area contributed by atoms with Gasteiger partial charge in [-0.05, 0) is 5.18 Å². The predicted octanol–water partition coefficient (Wildman–Crippen LogP) is 2.39. The molecular weight excluding hydrogens is 274 g/mol. The highest BCUT2D eigenvalue weighted by Gasteiger charge is 2.24. The van der Waals surface area contributed by atoms with Crippen molar-refractivity contribution in [2.24, 2.45) is 10.9 Å². The van der Waals surface area contributed by atoms with Crippen LogP contribution in [0.2, 0.25) is 0 Å². The molecule has 21 heavy (non-hydrogen) atoms. The molecule has 0 bridgehead atoms. The van der Waals surface area contributed by atoms with Crippen molar-refractivity contribution in [3.05, 3.63) is 34.9 Å². The van der Waals surface area contributed by atoms with Crippen LogP contribution in [0.1, 0.15) is 5.69 Å². The Morgan fingerprint density at radius 3 is 2.71 bits per heavy atom. The fraction of sp³-hybridized carbons (Fsp3) is 0. The lowest BCUT2D eigenvalue weighted by atomic mass is 10.2. The Balaban J connectivity index is 2.42.